The van der Waals surface area contributed by atoms with Gasteiger partial charge >= 0.3 is 0 Å². The van der Waals surface area contributed by atoms with Gasteiger partial charge < -0.3 is 14.2 Å². The number of ether oxygens (including phenoxy) is 3. The molecule has 134 valence electrons. The molecule has 0 aliphatic rings. The first-order chi connectivity index (χ1) is 12.7. The fourth-order valence-electron chi connectivity index (χ4n) is 2.71. The predicted molar refractivity (Wildman–Crippen MR) is 107 cm³/mol. The van der Waals surface area contributed by atoms with Gasteiger partial charge in [0.05, 0.1) is 18.7 Å². The van der Waals surface area contributed by atoms with E-state index in [-0.39, 0.29) is 0 Å². The molecule has 0 aromatic heterocycles. The summed E-state index contributed by atoms with van der Waals surface area (Å²) in [4.78, 5) is 0. The van der Waals surface area contributed by atoms with E-state index in [9.17, 15) is 0 Å². The zero-order valence-electron chi connectivity index (χ0n) is 14.9. The first kappa shape index (κ1) is 18.3. The largest absolute Gasteiger partial charge is 0.497 e. The Balaban J connectivity index is 1.77. The third-order valence-corrected chi connectivity index (χ3v) is 4.75. The summed E-state index contributed by atoms with van der Waals surface area (Å²) in [6.45, 7) is 0.514. The molecule has 0 radical (unpaired) electrons. The summed E-state index contributed by atoms with van der Waals surface area (Å²) in [5.74, 6) is 2.43. The lowest BCUT2D eigenvalue weighted by Gasteiger charge is -2.14. The van der Waals surface area contributed by atoms with Crippen molar-refractivity contribution in [2.24, 2.45) is 0 Å². The van der Waals surface area contributed by atoms with Crippen LogP contribution in [-0.2, 0) is 13.0 Å². The molecule has 0 atom stereocenters. The monoisotopic (exact) mass is 412 g/mol. The van der Waals surface area contributed by atoms with E-state index in [1.165, 1.54) is 5.56 Å². The molecule has 0 bridgehead atoms. The summed E-state index contributed by atoms with van der Waals surface area (Å²) in [5, 5.41) is 0. The minimum absolute atomic E-state index is 0.514. The molecule has 3 aromatic rings. The number of halogens is 1. The Kier molecular flexibility index (Phi) is 6.18. The van der Waals surface area contributed by atoms with Gasteiger partial charge in [0, 0.05) is 12.5 Å². The Morgan fingerprint density at radius 3 is 2.15 bits per heavy atom. The van der Waals surface area contributed by atoms with Crippen LogP contribution in [0.4, 0.5) is 0 Å². The topological polar surface area (TPSA) is 27.7 Å². The van der Waals surface area contributed by atoms with E-state index in [0.29, 0.717) is 6.61 Å². The molecule has 3 nitrogen and oxygen atoms in total. The average Bonchev–Trinajstić information content (AvgIpc) is 2.69. The van der Waals surface area contributed by atoms with Crippen LogP contribution >= 0.6 is 15.9 Å². The Labute approximate surface area is 162 Å². The first-order valence-electron chi connectivity index (χ1n) is 8.35. The summed E-state index contributed by atoms with van der Waals surface area (Å²) < 4.78 is 17.7. The quantitative estimate of drug-likeness (QED) is 0.502. The number of hydrogen-bond donors (Lipinski definition) is 0. The van der Waals surface area contributed by atoms with E-state index in [0.717, 1.165) is 39.3 Å². The average molecular weight is 413 g/mol. The van der Waals surface area contributed by atoms with Gasteiger partial charge in [-0.2, -0.15) is 0 Å². The summed E-state index contributed by atoms with van der Waals surface area (Å²) in [6.07, 6.45) is 0.769. The fourth-order valence-corrected chi connectivity index (χ4v) is 3.22. The van der Waals surface area contributed by atoms with Crippen LogP contribution in [0.5, 0.6) is 17.2 Å². The van der Waals surface area contributed by atoms with Crippen molar-refractivity contribution in [3.05, 3.63) is 87.9 Å². The van der Waals surface area contributed by atoms with Crippen LogP contribution in [0.1, 0.15) is 16.7 Å². The highest BCUT2D eigenvalue weighted by atomic mass is 79.9. The van der Waals surface area contributed by atoms with Gasteiger partial charge in [-0.25, -0.2) is 0 Å². The van der Waals surface area contributed by atoms with Gasteiger partial charge in [-0.15, -0.1) is 0 Å². The van der Waals surface area contributed by atoms with Gasteiger partial charge in [-0.3, -0.25) is 0 Å². The highest BCUT2D eigenvalue weighted by Gasteiger charge is 2.11. The molecule has 0 heterocycles. The zero-order chi connectivity index (χ0) is 18.4. The fraction of sp³-hybridized carbons (Fsp3) is 0.182. The molecule has 0 aliphatic carbocycles. The second-order valence-corrected chi connectivity index (χ2v) is 6.75. The first-order valence-corrected chi connectivity index (χ1v) is 9.15. The van der Waals surface area contributed by atoms with Crippen molar-refractivity contribution in [3.8, 4) is 17.2 Å². The second kappa shape index (κ2) is 8.77. The van der Waals surface area contributed by atoms with E-state index >= 15 is 0 Å². The SMILES string of the molecule is COc1ccc(Cc2cc(Br)c(OCc3ccccc3)cc2OC)cc1. The van der Waals surface area contributed by atoms with Crippen molar-refractivity contribution >= 4 is 15.9 Å². The van der Waals surface area contributed by atoms with Crippen LogP contribution in [0.2, 0.25) is 0 Å². The standard InChI is InChI=1S/C22H21BrO3/c1-24-19-10-8-16(9-11-19)12-18-13-20(23)22(14-21(18)25-2)26-15-17-6-4-3-5-7-17/h3-11,13-14H,12,15H2,1-2H3. The highest BCUT2D eigenvalue weighted by Crippen LogP contribution is 2.34. The molecule has 0 fully saturated rings. The molecule has 0 amide bonds. The van der Waals surface area contributed by atoms with E-state index in [4.69, 9.17) is 14.2 Å². The molecule has 0 spiro atoms. The molecule has 3 rings (SSSR count). The lowest BCUT2D eigenvalue weighted by molar-refractivity contribution is 0.301. The molecular formula is C22H21BrO3. The number of hydrogen-bond acceptors (Lipinski definition) is 3. The molecular weight excluding hydrogens is 392 g/mol. The molecule has 0 aliphatic heterocycles. The molecule has 0 saturated heterocycles. The normalized spacial score (nSPS) is 10.4. The Morgan fingerprint density at radius 2 is 1.50 bits per heavy atom. The van der Waals surface area contributed by atoms with Crippen LogP contribution in [0.15, 0.2) is 71.2 Å². The second-order valence-electron chi connectivity index (χ2n) is 5.89. The Hall–Kier alpha value is -2.46. The van der Waals surface area contributed by atoms with E-state index in [1.54, 1.807) is 14.2 Å². The maximum absolute atomic E-state index is 5.96. The van der Waals surface area contributed by atoms with Gasteiger partial charge in [0.15, 0.2) is 0 Å². The van der Waals surface area contributed by atoms with E-state index in [2.05, 4.69) is 34.1 Å². The van der Waals surface area contributed by atoms with E-state index in [1.807, 2.05) is 48.5 Å². The highest BCUT2D eigenvalue weighted by molar-refractivity contribution is 9.10. The number of methoxy groups -OCH3 is 2. The minimum atomic E-state index is 0.514. The molecule has 4 heteroatoms. The van der Waals surface area contributed by atoms with Crippen molar-refractivity contribution in [2.75, 3.05) is 14.2 Å². The van der Waals surface area contributed by atoms with Gasteiger partial charge in [0.25, 0.3) is 0 Å². The molecule has 0 N–H and O–H groups in total. The van der Waals surface area contributed by atoms with Gasteiger partial charge in [-0.05, 0) is 50.8 Å². The van der Waals surface area contributed by atoms with Crippen LogP contribution in [0, 0.1) is 0 Å². The Bertz CT molecular complexity index is 845. The third-order valence-electron chi connectivity index (χ3n) is 4.13. The molecule has 0 unspecified atom stereocenters. The minimum Gasteiger partial charge on any atom is -0.497 e. The summed E-state index contributed by atoms with van der Waals surface area (Å²) >= 11 is 3.62. The summed E-state index contributed by atoms with van der Waals surface area (Å²) in [6, 6.07) is 22.1. The summed E-state index contributed by atoms with van der Waals surface area (Å²) in [5.41, 5.74) is 3.41. The van der Waals surface area contributed by atoms with Gasteiger partial charge in [-0.1, -0.05) is 42.5 Å². The Morgan fingerprint density at radius 1 is 0.769 bits per heavy atom. The molecule has 3 aromatic carbocycles. The lowest BCUT2D eigenvalue weighted by Crippen LogP contribution is -1.99. The van der Waals surface area contributed by atoms with Crippen LogP contribution in [0.25, 0.3) is 0 Å². The van der Waals surface area contributed by atoms with Gasteiger partial charge in [0.1, 0.15) is 23.9 Å². The van der Waals surface area contributed by atoms with Crippen LogP contribution < -0.4 is 14.2 Å². The number of rotatable bonds is 7. The van der Waals surface area contributed by atoms with Crippen LogP contribution in [0.3, 0.4) is 0 Å². The maximum Gasteiger partial charge on any atom is 0.137 e. The molecule has 26 heavy (non-hydrogen) atoms. The van der Waals surface area contributed by atoms with Crippen molar-refractivity contribution < 1.29 is 14.2 Å². The van der Waals surface area contributed by atoms with Gasteiger partial charge in [0.2, 0.25) is 0 Å². The van der Waals surface area contributed by atoms with Crippen molar-refractivity contribution in [3.63, 3.8) is 0 Å². The predicted octanol–water partition coefficient (Wildman–Crippen LogP) is 5.64. The van der Waals surface area contributed by atoms with Crippen molar-refractivity contribution in [1.29, 1.82) is 0 Å². The third kappa shape index (κ3) is 4.58. The van der Waals surface area contributed by atoms with Crippen molar-refractivity contribution in [1.82, 2.24) is 0 Å². The summed E-state index contributed by atoms with van der Waals surface area (Å²) in [7, 11) is 3.35. The lowest BCUT2D eigenvalue weighted by atomic mass is 10.0. The molecule has 0 saturated carbocycles. The maximum atomic E-state index is 5.96. The smallest absolute Gasteiger partial charge is 0.137 e. The van der Waals surface area contributed by atoms with E-state index < -0.39 is 0 Å². The van der Waals surface area contributed by atoms with Crippen molar-refractivity contribution in [2.45, 2.75) is 13.0 Å². The number of benzene rings is 3. The zero-order valence-corrected chi connectivity index (χ0v) is 16.5. The van der Waals surface area contributed by atoms with Crippen LogP contribution in [-0.4, -0.2) is 14.2 Å².